The molecule has 7 heteroatoms. The summed E-state index contributed by atoms with van der Waals surface area (Å²) >= 11 is 0. The number of amides is 1. The van der Waals surface area contributed by atoms with Crippen LogP contribution in [0.25, 0.3) is 0 Å². The highest BCUT2D eigenvalue weighted by Crippen LogP contribution is 2.55. The number of ether oxygens (including phenoxy) is 2. The maximum atomic E-state index is 13.2. The van der Waals surface area contributed by atoms with Crippen LogP contribution in [0.4, 0.5) is 13.6 Å². The van der Waals surface area contributed by atoms with Crippen molar-refractivity contribution >= 4 is 12.1 Å². The van der Waals surface area contributed by atoms with Gasteiger partial charge in [-0.3, -0.25) is 0 Å². The van der Waals surface area contributed by atoms with Crippen LogP contribution in [0.3, 0.4) is 0 Å². The van der Waals surface area contributed by atoms with Gasteiger partial charge in [0.25, 0.3) is 5.92 Å². The SMILES string of the molecule is C=C1[C@@H]([C@H](NC(=O)OC(C)(C)C)C(=O)OC)C1(F)F. The lowest BCUT2D eigenvalue weighted by Gasteiger charge is -2.22. The number of halogens is 2. The van der Waals surface area contributed by atoms with Crippen LogP contribution in [-0.4, -0.2) is 36.7 Å². The minimum Gasteiger partial charge on any atom is -0.467 e. The molecule has 0 aromatic rings. The number of alkyl halides is 2. The fraction of sp³-hybridized carbons (Fsp3) is 0.667. The van der Waals surface area contributed by atoms with Crippen molar-refractivity contribution in [3.05, 3.63) is 12.2 Å². The summed E-state index contributed by atoms with van der Waals surface area (Å²) in [5.74, 6) is -5.59. The van der Waals surface area contributed by atoms with Gasteiger partial charge < -0.3 is 14.8 Å². The van der Waals surface area contributed by atoms with Gasteiger partial charge in [0.2, 0.25) is 0 Å². The van der Waals surface area contributed by atoms with Crippen LogP contribution in [0.5, 0.6) is 0 Å². The molecule has 1 fully saturated rings. The summed E-state index contributed by atoms with van der Waals surface area (Å²) < 4.78 is 35.8. The van der Waals surface area contributed by atoms with Gasteiger partial charge in [-0.2, -0.15) is 0 Å². The van der Waals surface area contributed by atoms with Crippen LogP contribution >= 0.6 is 0 Å². The standard InChI is InChI=1S/C12H17F2NO4/c1-6-7(12(6,13)14)8(9(16)18-5)15-10(17)19-11(2,3)4/h7-8H,1H2,2-5H3,(H,15,17)/t7-,8-/m0/s1. The average molecular weight is 277 g/mol. The zero-order valence-electron chi connectivity index (χ0n) is 11.3. The summed E-state index contributed by atoms with van der Waals surface area (Å²) in [6.45, 7) is 8.02. The minimum absolute atomic E-state index is 0.404. The van der Waals surface area contributed by atoms with Gasteiger partial charge in [-0.1, -0.05) is 6.58 Å². The van der Waals surface area contributed by atoms with E-state index >= 15 is 0 Å². The van der Waals surface area contributed by atoms with E-state index in [1.165, 1.54) is 0 Å². The first-order valence-electron chi connectivity index (χ1n) is 5.65. The molecule has 1 rings (SSSR count). The number of nitrogens with one attached hydrogen (secondary N) is 1. The highest BCUT2D eigenvalue weighted by molar-refractivity contribution is 5.83. The quantitative estimate of drug-likeness (QED) is 0.632. The number of carbonyl (C=O) groups is 2. The lowest BCUT2D eigenvalue weighted by molar-refractivity contribution is -0.144. The molecule has 1 aliphatic rings. The van der Waals surface area contributed by atoms with Crippen LogP contribution in [0.2, 0.25) is 0 Å². The van der Waals surface area contributed by atoms with Crippen molar-refractivity contribution in [2.24, 2.45) is 5.92 Å². The number of hydrogen-bond acceptors (Lipinski definition) is 4. The van der Waals surface area contributed by atoms with E-state index in [1.807, 2.05) is 0 Å². The summed E-state index contributed by atoms with van der Waals surface area (Å²) in [7, 11) is 1.05. The van der Waals surface area contributed by atoms with E-state index in [4.69, 9.17) is 4.74 Å². The molecule has 19 heavy (non-hydrogen) atoms. The lowest BCUT2D eigenvalue weighted by atomic mass is 10.1. The smallest absolute Gasteiger partial charge is 0.408 e. The van der Waals surface area contributed by atoms with Crippen LogP contribution in [-0.2, 0) is 14.3 Å². The van der Waals surface area contributed by atoms with Crippen LogP contribution in [0.15, 0.2) is 12.2 Å². The molecule has 0 saturated heterocycles. The molecule has 108 valence electrons. The largest absolute Gasteiger partial charge is 0.467 e. The molecular weight excluding hydrogens is 260 g/mol. The van der Waals surface area contributed by atoms with Gasteiger partial charge in [0.15, 0.2) is 0 Å². The van der Waals surface area contributed by atoms with E-state index in [-0.39, 0.29) is 0 Å². The molecule has 1 aliphatic carbocycles. The highest BCUT2D eigenvalue weighted by atomic mass is 19.3. The number of hydrogen-bond donors (Lipinski definition) is 1. The zero-order valence-corrected chi connectivity index (χ0v) is 11.3. The molecular formula is C12H17F2NO4. The zero-order chi connectivity index (χ0) is 15.0. The molecule has 0 spiro atoms. The topological polar surface area (TPSA) is 64.6 Å². The molecule has 0 bridgehead atoms. The Bertz CT molecular complexity index is 414. The average Bonchev–Trinajstić information content (AvgIpc) is 2.71. The minimum atomic E-state index is -3.17. The Morgan fingerprint density at radius 1 is 1.42 bits per heavy atom. The van der Waals surface area contributed by atoms with Gasteiger partial charge in [-0.15, -0.1) is 0 Å². The van der Waals surface area contributed by atoms with E-state index in [0.717, 1.165) is 7.11 Å². The fourth-order valence-electron chi connectivity index (χ4n) is 1.60. The summed E-state index contributed by atoms with van der Waals surface area (Å²) in [6.07, 6.45) is -0.960. The number of carbonyl (C=O) groups excluding carboxylic acids is 2. The Labute approximate surface area is 109 Å². The predicted octanol–water partition coefficient (Wildman–Crippen LogP) is 1.87. The first-order valence-corrected chi connectivity index (χ1v) is 5.65. The number of alkyl carbamates (subject to hydrolysis) is 1. The van der Waals surface area contributed by atoms with Gasteiger partial charge in [0, 0.05) is 5.57 Å². The summed E-state index contributed by atoms with van der Waals surface area (Å²) in [5.41, 5.74) is -1.20. The normalized spacial score (nSPS) is 22.4. The first-order chi connectivity index (χ1) is 8.50. The highest BCUT2D eigenvalue weighted by Gasteiger charge is 2.67. The molecule has 0 aromatic heterocycles. The van der Waals surface area contributed by atoms with E-state index < -0.39 is 41.1 Å². The Balaban J connectivity index is 2.76. The van der Waals surface area contributed by atoms with Crippen molar-refractivity contribution in [1.29, 1.82) is 0 Å². The van der Waals surface area contributed by atoms with E-state index in [0.29, 0.717) is 0 Å². The van der Waals surface area contributed by atoms with Gasteiger partial charge in [0.1, 0.15) is 11.6 Å². The van der Waals surface area contributed by atoms with Gasteiger partial charge in [-0.05, 0) is 20.8 Å². The fourth-order valence-corrected chi connectivity index (χ4v) is 1.60. The third-order valence-corrected chi connectivity index (χ3v) is 2.57. The third kappa shape index (κ3) is 3.42. The molecule has 0 radical (unpaired) electrons. The first kappa shape index (κ1) is 15.4. The van der Waals surface area contributed by atoms with Gasteiger partial charge in [0.05, 0.1) is 13.0 Å². The second-order valence-electron chi connectivity index (χ2n) is 5.27. The number of methoxy groups -OCH3 is 1. The van der Waals surface area contributed by atoms with Crippen LogP contribution in [0, 0.1) is 5.92 Å². The molecule has 2 atom stereocenters. The van der Waals surface area contributed by atoms with Crippen LogP contribution < -0.4 is 5.32 Å². The monoisotopic (exact) mass is 277 g/mol. The Morgan fingerprint density at radius 3 is 2.21 bits per heavy atom. The summed E-state index contributed by atoms with van der Waals surface area (Å²) in [4.78, 5) is 23.0. The molecule has 0 aliphatic heterocycles. The van der Waals surface area contributed by atoms with Crippen molar-refractivity contribution in [2.75, 3.05) is 7.11 Å². The van der Waals surface area contributed by atoms with Crippen molar-refractivity contribution < 1.29 is 27.8 Å². The van der Waals surface area contributed by atoms with Crippen molar-refractivity contribution in [1.82, 2.24) is 5.32 Å². The maximum absolute atomic E-state index is 13.2. The molecule has 0 unspecified atom stereocenters. The number of esters is 1. The Kier molecular flexibility index (Phi) is 3.88. The second-order valence-corrected chi connectivity index (χ2v) is 5.27. The predicted molar refractivity (Wildman–Crippen MR) is 62.8 cm³/mol. The van der Waals surface area contributed by atoms with E-state index in [2.05, 4.69) is 16.6 Å². The molecule has 1 amide bonds. The third-order valence-electron chi connectivity index (χ3n) is 2.57. The Morgan fingerprint density at radius 2 is 1.89 bits per heavy atom. The van der Waals surface area contributed by atoms with Crippen molar-refractivity contribution in [2.45, 2.75) is 38.3 Å². The van der Waals surface area contributed by atoms with Crippen molar-refractivity contribution in [3.8, 4) is 0 Å². The number of rotatable bonds is 3. The van der Waals surface area contributed by atoms with Crippen molar-refractivity contribution in [3.63, 3.8) is 0 Å². The van der Waals surface area contributed by atoms with Gasteiger partial charge in [-0.25, -0.2) is 18.4 Å². The van der Waals surface area contributed by atoms with Gasteiger partial charge >= 0.3 is 12.1 Å². The molecule has 1 saturated carbocycles. The van der Waals surface area contributed by atoms with E-state index in [9.17, 15) is 18.4 Å². The molecule has 5 nitrogen and oxygen atoms in total. The molecule has 0 heterocycles. The Hall–Kier alpha value is -1.66. The van der Waals surface area contributed by atoms with Crippen LogP contribution in [0.1, 0.15) is 20.8 Å². The van der Waals surface area contributed by atoms with E-state index in [1.54, 1.807) is 20.8 Å². The summed E-state index contributed by atoms with van der Waals surface area (Å²) in [6, 6.07) is -1.50. The maximum Gasteiger partial charge on any atom is 0.408 e. The second kappa shape index (κ2) is 4.79. The summed E-state index contributed by atoms with van der Waals surface area (Å²) in [5, 5.41) is 2.10. The molecule has 0 aromatic carbocycles. The lowest BCUT2D eigenvalue weighted by Crippen LogP contribution is -2.46. The molecule has 1 N–H and O–H groups in total.